The molecule has 0 radical (unpaired) electrons. The minimum Gasteiger partial charge on any atom is -0.307 e. The highest BCUT2D eigenvalue weighted by Crippen LogP contribution is 2.19. The Kier molecular flexibility index (Phi) is 4.46. The molecule has 1 aromatic rings. The summed E-state index contributed by atoms with van der Waals surface area (Å²) in [5.74, 6) is 0.242. The van der Waals surface area contributed by atoms with Gasteiger partial charge in [-0.1, -0.05) is 15.9 Å². The van der Waals surface area contributed by atoms with E-state index in [-0.39, 0.29) is 10.7 Å². The van der Waals surface area contributed by atoms with Crippen molar-refractivity contribution in [2.75, 3.05) is 5.32 Å². The minimum atomic E-state index is -0.264. The number of halogens is 3. The minimum absolute atomic E-state index is 0.165. The van der Waals surface area contributed by atoms with Crippen LogP contribution in [-0.4, -0.2) is 20.7 Å². The van der Waals surface area contributed by atoms with Crippen molar-refractivity contribution in [2.24, 2.45) is 0 Å². The van der Waals surface area contributed by atoms with Gasteiger partial charge in [0.15, 0.2) is 5.82 Å². The third-order valence-corrected chi connectivity index (χ3v) is 2.65. The van der Waals surface area contributed by atoms with Gasteiger partial charge in [-0.25, -0.2) is 9.97 Å². The number of carbonyl (C=O) groups excluding carboxylic acids is 1. The Morgan fingerprint density at radius 3 is 2.71 bits per heavy atom. The van der Waals surface area contributed by atoms with E-state index in [1.54, 1.807) is 6.92 Å². The molecule has 0 fully saturated rings. The lowest BCUT2D eigenvalue weighted by molar-refractivity contribution is -0.115. The summed E-state index contributed by atoms with van der Waals surface area (Å²) in [7, 11) is 0. The second-order valence-corrected chi connectivity index (χ2v) is 5.37. The molecule has 0 bridgehead atoms. The molecule has 0 aliphatic rings. The maximum absolute atomic E-state index is 11.3. The number of carbonyl (C=O) groups is 1. The van der Waals surface area contributed by atoms with Gasteiger partial charge in [-0.3, -0.25) is 4.79 Å². The maximum atomic E-state index is 11.3. The van der Waals surface area contributed by atoms with Gasteiger partial charge >= 0.3 is 0 Å². The zero-order chi connectivity index (χ0) is 10.7. The lowest BCUT2D eigenvalue weighted by atomic mass is 10.4. The number of alkyl halides is 1. The van der Waals surface area contributed by atoms with Gasteiger partial charge in [-0.2, -0.15) is 0 Å². The van der Waals surface area contributed by atoms with Crippen LogP contribution in [-0.2, 0) is 4.79 Å². The predicted molar refractivity (Wildman–Crippen MR) is 64.5 cm³/mol. The summed E-state index contributed by atoms with van der Waals surface area (Å²) in [5, 5.41) is 2.61. The third-order valence-electron chi connectivity index (χ3n) is 1.30. The van der Waals surface area contributed by atoms with Gasteiger partial charge in [0.2, 0.25) is 5.91 Å². The van der Waals surface area contributed by atoms with Gasteiger partial charge in [0.25, 0.3) is 0 Å². The van der Waals surface area contributed by atoms with E-state index in [2.05, 4.69) is 63.1 Å². The highest BCUT2D eigenvalue weighted by atomic mass is 79.9. The topological polar surface area (TPSA) is 54.9 Å². The van der Waals surface area contributed by atoms with E-state index in [0.717, 1.165) is 0 Å². The Morgan fingerprint density at radius 2 is 2.21 bits per heavy atom. The summed E-state index contributed by atoms with van der Waals surface area (Å²) in [4.78, 5) is 19.0. The quantitative estimate of drug-likeness (QED) is 0.794. The van der Waals surface area contributed by atoms with E-state index >= 15 is 0 Å². The molecule has 4 nitrogen and oxygen atoms in total. The highest BCUT2D eigenvalue weighted by molar-refractivity contribution is 9.11. The molecule has 7 heteroatoms. The molecule has 76 valence electrons. The highest BCUT2D eigenvalue weighted by Gasteiger charge is 2.12. The molecule has 1 heterocycles. The first-order valence-electron chi connectivity index (χ1n) is 3.63. The zero-order valence-corrected chi connectivity index (χ0v) is 11.8. The standard InChI is InChI=1S/C7H6Br3N3O/c1-3(8)7(14)13-6-5(10)12-4(9)2-11-6/h2-3H,1H3,(H,11,13,14). The number of anilines is 1. The lowest BCUT2D eigenvalue weighted by Gasteiger charge is -2.06. The summed E-state index contributed by atoms with van der Waals surface area (Å²) in [6, 6.07) is 0. The van der Waals surface area contributed by atoms with Gasteiger partial charge in [0.05, 0.1) is 11.0 Å². The van der Waals surface area contributed by atoms with E-state index in [1.807, 2.05) is 0 Å². The smallest absolute Gasteiger partial charge is 0.239 e. The monoisotopic (exact) mass is 385 g/mol. The molecule has 1 unspecified atom stereocenters. The number of amides is 1. The van der Waals surface area contributed by atoms with Crippen molar-refractivity contribution in [2.45, 2.75) is 11.8 Å². The fourth-order valence-corrected chi connectivity index (χ4v) is 1.67. The third kappa shape index (κ3) is 3.29. The number of hydrogen-bond donors (Lipinski definition) is 1. The Bertz CT molecular complexity index is 356. The second kappa shape index (κ2) is 5.18. The summed E-state index contributed by atoms with van der Waals surface area (Å²) in [6.07, 6.45) is 1.51. The first-order chi connectivity index (χ1) is 6.50. The van der Waals surface area contributed by atoms with Gasteiger partial charge in [0.1, 0.15) is 9.21 Å². The molecule has 0 aromatic carbocycles. The number of rotatable bonds is 2. The Balaban J connectivity index is 2.82. The molecule has 14 heavy (non-hydrogen) atoms. The molecular formula is C7H6Br3N3O. The lowest BCUT2D eigenvalue weighted by Crippen LogP contribution is -2.21. The van der Waals surface area contributed by atoms with Gasteiger partial charge in [0, 0.05) is 0 Å². The number of nitrogens with zero attached hydrogens (tertiary/aromatic N) is 2. The van der Waals surface area contributed by atoms with Crippen molar-refractivity contribution in [1.29, 1.82) is 0 Å². The Labute approximate surface area is 106 Å². The summed E-state index contributed by atoms with van der Waals surface area (Å²) in [6.45, 7) is 1.73. The van der Waals surface area contributed by atoms with Crippen LogP contribution in [0.4, 0.5) is 5.82 Å². The van der Waals surface area contributed by atoms with E-state index in [4.69, 9.17) is 0 Å². The summed E-state index contributed by atoms with van der Waals surface area (Å²) >= 11 is 9.51. The predicted octanol–water partition coefficient (Wildman–Crippen LogP) is 2.72. The van der Waals surface area contributed by atoms with Crippen molar-refractivity contribution in [3.8, 4) is 0 Å². The van der Waals surface area contributed by atoms with Crippen molar-refractivity contribution < 1.29 is 4.79 Å². The average Bonchev–Trinajstić information content (AvgIpc) is 2.09. The molecular weight excluding hydrogens is 382 g/mol. The Morgan fingerprint density at radius 1 is 1.57 bits per heavy atom. The molecule has 1 N–H and O–H groups in total. The van der Waals surface area contributed by atoms with Crippen molar-refractivity contribution in [3.63, 3.8) is 0 Å². The van der Waals surface area contributed by atoms with Crippen molar-refractivity contribution in [1.82, 2.24) is 9.97 Å². The molecule has 1 amide bonds. The van der Waals surface area contributed by atoms with Crippen LogP contribution < -0.4 is 5.32 Å². The average molecular weight is 388 g/mol. The van der Waals surface area contributed by atoms with Crippen LogP contribution in [0.15, 0.2) is 15.4 Å². The number of hydrogen-bond acceptors (Lipinski definition) is 3. The molecule has 1 aromatic heterocycles. The normalized spacial score (nSPS) is 12.3. The molecule has 1 atom stereocenters. The van der Waals surface area contributed by atoms with Gasteiger partial charge in [-0.15, -0.1) is 0 Å². The van der Waals surface area contributed by atoms with E-state index in [1.165, 1.54) is 6.20 Å². The molecule has 0 aliphatic heterocycles. The van der Waals surface area contributed by atoms with E-state index in [9.17, 15) is 4.79 Å². The molecule has 0 saturated heterocycles. The van der Waals surface area contributed by atoms with E-state index < -0.39 is 0 Å². The van der Waals surface area contributed by atoms with Gasteiger partial charge < -0.3 is 5.32 Å². The molecule has 0 spiro atoms. The Hall–Kier alpha value is -0.0100. The molecule has 0 saturated carbocycles. The van der Waals surface area contributed by atoms with Crippen molar-refractivity contribution in [3.05, 3.63) is 15.4 Å². The molecule has 1 rings (SSSR count). The first kappa shape index (κ1) is 12.1. The maximum Gasteiger partial charge on any atom is 0.239 e. The van der Waals surface area contributed by atoms with Crippen LogP contribution in [0.1, 0.15) is 6.92 Å². The SMILES string of the molecule is CC(Br)C(=O)Nc1ncc(Br)nc1Br. The summed E-state index contributed by atoms with van der Waals surface area (Å²) in [5.41, 5.74) is 0. The number of aromatic nitrogens is 2. The van der Waals surface area contributed by atoms with Crippen LogP contribution in [0.3, 0.4) is 0 Å². The van der Waals surface area contributed by atoms with Crippen LogP contribution in [0.5, 0.6) is 0 Å². The van der Waals surface area contributed by atoms with Crippen LogP contribution in [0, 0.1) is 0 Å². The zero-order valence-electron chi connectivity index (χ0n) is 7.09. The van der Waals surface area contributed by atoms with Crippen molar-refractivity contribution >= 4 is 59.5 Å². The number of nitrogens with one attached hydrogen (secondary N) is 1. The molecule has 0 aliphatic carbocycles. The van der Waals surface area contributed by atoms with Gasteiger partial charge in [-0.05, 0) is 38.8 Å². The van der Waals surface area contributed by atoms with Crippen LogP contribution in [0.2, 0.25) is 0 Å². The first-order valence-corrected chi connectivity index (χ1v) is 6.14. The second-order valence-electron chi connectivity index (χ2n) is 2.44. The largest absolute Gasteiger partial charge is 0.307 e. The van der Waals surface area contributed by atoms with E-state index in [0.29, 0.717) is 15.0 Å². The van der Waals surface area contributed by atoms with Crippen LogP contribution >= 0.6 is 47.8 Å². The fourth-order valence-electron chi connectivity index (χ4n) is 0.647. The summed E-state index contributed by atoms with van der Waals surface area (Å²) < 4.78 is 1.10. The fraction of sp³-hybridized carbons (Fsp3) is 0.286. The van der Waals surface area contributed by atoms with Crippen LogP contribution in [0.25, 0.3) is 0 Å².